The third-order valence-corrected chi connectivity index (χ3v) is 4.29. The van der Waals surface area contributed by atoms with E-state index >= 15 is 0 Å². The van der Waals surface area contributed by atoms with Crippen LogP contribution >= 0.6 is 0 Å². The number of rotatable bonds is 1. The van der Waals surface area contributed by atoms with Gasteiger partial charge in [0.25, 0.3) is 0 Å². The van der Waals surface area contributed by atoms with E-state index in [1.807, 2.05) is 0 Å². The second-order valence-electron chi connectivity index (χ2n) is 5.58. The Morgan fingerprint density at radius 2 is 1.90 bits per heavy atom. The summed E-state index contributed by atoms with van der Waals surface area (Å²) < 4.78 is 39.6. The number of hydrogen-bond acceptors (Lipinski definition) is 3. The number of aliphatic hydroxyl groups is 1. The number of alkyl halides is 3. The number of hydrogen-bond donors (Lipinski definition) is 2. The predicted molar refractivity (Wildman–Crippen MR) is 68.1 cm³/mol. The van der Waals surface area contributed by atoms with E-state index in [2.05, 4.69) is 5.32 Å². The number of halogens is 3. The monoisotopic (exact) mass is 300 g/mol. The number of nitrogens with zero attached hydrogens (tertiary/aromatic N) is 1. The van der Waals surface area contributed by atoms with Crippen molar-refractivity contribution < 1.29 is 23.1 Å². The SMILES string of the molecule is O=C1C[C@@](O)(C(F)(F)F)C[C@]2(c3ccccc3)NCCN12. The normalized spacial score (nSPS) is 33.1. The first-order chi connectivity index (χ1) is 9.79. The number of carbonyl (C=O) groups excluding carboxylic acids is 1. The molecule has 3 rings (SSSR count). The third-order valence-electron chi connectivity index (χ3n) is 4.29. The van der Waals surface area contributed by atoms with Crippen LogP contribution in [0.5, 0.6) is 0 Å². The van der Waals surface area contributed by atoms with Crippen LogP contribution in [-0.2, 0) is 10.5 Å². The topological polar surface area (TPSA) is 52.6 Å². The molecule has 1 amide bonds. The second-order valence-corrected chi connectivity index (χ2v) is 5.58. The van der Waals surface area contributed by atoms with Crippen LogP contribution in [0.2, 0.25) is 0 Å². The van der Waals surface area contributed by atoms with Gasteiger partial charge in [-0.2, -0.15) is 13.2 Å². The zero-order valence-electron chi connectivity index (χ0n) is 11.2. The van der Waals surface area contributed by atoms with Crippen LogP contribution in [0.15, 0.2) is 30.3 Å². The molecule has 2 aliphatic heterocycles. The van der Waals surface area contributed by atoms with Gasteiger partial charge < -0.3 is 10.0 Å². The summed E-state index contributed by atoms with van der Waals surface area (Å²) in [5, 5.41) is 13.0. The van der Waals surface area contributed by atoms with E-state index in [1.54, 1.807) is 30.3 Å². The van der Waals surface area contributed by atoms with Crippen LogP contribution in [0.1, 0.15) is 18.4 Å². The van der Waals surface area contributed by atoms with E-state index < -0.39 is 36.2 Å². The van der Waals surface area contributed by atoms with Gasteiger partial charge in [-0.05, 0) is 5.56 Å². The molecule has 1 aromatic carbocycles. The third kappa shape index (κ3) is 2.03. The molecule has 0 bridgehead atoms. The van der Waals surface area contributed by atoms with Gasteiger partial charge in [0.2, 0.25) is 5.91 Å². The molecule has 2 fully saturated rings. The van der Waals surface area contributed by atoms with Crippen molar-refractivity contribution in [2.24, 2.45) is 0 Å². The molecular formula is C14H15F3N2O2. The summed E-state index contributed by atoms with van der Waals surface area (Å²) >= 11 is 0. The van der Waals surface area contributed by atoms with E-state index in [4.69, 9.17) is 0 Å². The summed E-state index contributed by atoms with van der Waals surface area (Å²) in [5.41, 5.74) is -3.74. The van der Waals surface area contributed by atoms with Gasteiger partial charge >= 0.3 is 6.18 Å². The average Bonchev–Trinajstić information content (AvgIpc) is 2.84. The van der Waals surface area contributed by atoms with Crippen LogP contribution in [0.4, 0.5) is 13.2 Å². The summed E-state index contributed by atoms with van der Waals surface area (Å²) in [6, 6.07) is 8.49. The van der Waals surface area contributed by atoms with E-state index in [1.165, 1.54) is 4.90 Å². The molecule has 0 unspecified atom stereocenters. The lowest BCUT2D eigenvalue weighted by molar-refractivity contribution is -0.281. The molecule has 7 heteroatoms. The lowest BCUT2D eigenvalue weighted by Crippen LogP contribution is -2.65. The van der Waals surface area contributed by atoms with Crippen molar-refractivity contribution in [1.82, 2.24) is 10.2 Å². The highest BCUT2D eigenvalue weighted by molar-refractivity contribution is 5.80. The van der Waals surface area contributed by atoms with Crippen LogP contribution in [0.25, 0.3) is 0 Å². The molecule has 0 aromatic heterocycles. The van der Waals surface area contributed by atoms with Crippen LogP contribution in [-0.4, -0.2) is 40.8 Å². The van der Waals surface area contributed by atoms with E-state index in [9.17, 15) is 23.1 Å². The first-order valence-electron chi connectivity index (χ1n) is 6.69. The van der Waals surface area contributed by atoms with Gasteiger partial charge in [0, 0.05) is 19.5 Å². The number of amides is 1. The highest BCUT2D eigenvalue weighted by atomic mass is 19.4. The Labute approximate surface area is 119 Å². The first-order valence-corrected chi connectivity index (χ1v) is 6.69. The average molecular weight is 300 g/mol. The molecule has 0 aliphatic carbocycles. The standard InChI is InChI=1S/C14H15F3N2O2/c15-14(16,17)12(21)8-11(20)19-7-6-18-13(19,9-12)10-4-2-1-3-5-10/h1-5,18,21H,6-9H2/t12-,13-/m0/s1. The molecule has 2 atom stereocenters. The Bertz CT molecular complexity index is 563. The molecule has 0 radical (unpaired) electrons. The maximum Gasteiger partial charge on any atom is 0.417 e. The molecule has 2 heterocycles. The van der Waals surface area contributed by atoms with Gasteiger partial charge in [-0.25, -0.2) is 0 Å². The fourth-order valence-electron chi connectivity index (χ4n) is 3.26. The fourth-order valence-corrected chi connectivity index (χ4v) is 3.26. The number of piperidine rings is 1. The van der Waals surface area contributed by atoms with E-state index in [0.717, 1.165) is 0 Å². The molecular weight excluding hydrogens is 285 g/mol. The Hall–Kier alpha value is -1.60. The summed E-state index contributed by atoms with van der Waals surface area (Å²) in [6.45, 7) is 0.732. The summed E-state index contributed by atoms with van der Waals surface area (Å²) in [7, 11) is 0. The van der Waals surface area contributed by atoms with Crippen molar-refractivity contribution in [3.8, 4) is 0 Å². The summed E-state index contributed by atoms with van der Waals surface area (Å²) in [4.78, 5) is 13.5. The number of nitrogens with one attached hydrogen (secondary N) is 1. The number of fused-ring (bicyclic) bond motifs is 1. The van der Waals surface area contributed by atoms with Crippen molar-refractivity contribution in [2.45, 2.75) is 30.3 Å². The minimum absolute atomic E-state index is 0.335. The van der Waals surface area contributed by atoms with Crippen molar-refractivity contribution in [1.29, 1.82) is 0 Å². The van der Waals surface area contributed by atoms with E-state index in [-0.39, 0.29) is 0 Å². The van der Waals surface area contributed by atoms with Crippen LogP contribution in [0.3, 0.4) is 0 Å². The van der Waals surface area contributed by atoms with Gasteiger partial charge in [-0.3, -0.25) is 10.1 Å². The molecule has 1 aromatic rings. The lowest BCUT2D eigenvalue weighted by atomic mass is 9.78. The summed E-state index contributed by atoms with van der Waals surface area (Å²) in [5.74, 6) is -0.685. The molecule has 114 valence electrons. The van der Waals surface area contributed by atoms with Crippen molar-refractivity contribution >= 4 is 5.91 Å². The molecule has 4 nitrogen and oxygen atoms in total. The van der Waals surface area contributed by atoms with Crippen molar-refractivity contribution in [3.63, 3.8) is 0 Å². The zero-order chi connectivity index (χ0) is 15.3. The molecule has 0 saturated carbocycles. The fraction of sp³-hybridized carbons (Fsp3) is 0.500. The van der Waals surface area contributed by atoms with Gasteiger partial charge in [-0.15, -0.1) is 0 Å². The molecule has 2 N–H and O–H groups in total. The quantitative estimate of drug-likeness (QED) is 0.823. The number of benzene rings is 1. The first kappa shape index (κ1) is 14.3. The van der Waals surface area contributed by atoms with Gasteiger partial charge in [0.05, 0.1) is 6.42 Å². The van der Waals surface area contributed by atoms with Crippen molar-refractivity contribution in [3.05, 3.63) is 35.9 Å². The maximum atomic E-state index is 13.2. The molecule has 21 heavy (non-hydrogen) atoms. The van der Waals surface area contributed by atoms with Crippen LogP contribution in [0, 0.1) is 0 Å². The predicted octanol–water partition coefficient (Wildman–Crippen LogP) is 1.36. The van der Waals surface area contributed by atoms with Crippen molar-refractivity contribution in [2.75, 3.05) is 13.1 Å². The van der Waals surface area contributed by atoms with Gasteiger partial charge in [-0.1, -0.05) is 30.3 Å². The highest BCUT2D eigenvalue weighted by Gasteiger charge is 2.64. The smallest absolute Gasteiger partial charge is 0.380 e. The lowest BCUT2D eigenvalue weighted by Gasteiger charge is -2.49. The minimum atomic E-state index is -4.85. The van der Waals surface area contributed by atoms with E-state index in [0.29, 0.717) is 18.7 Å². The summed E-state index contributed by atoms with van der Waals surface area (Å²) in [6.07, 6.45) is -6.37. The zero-order valence-corrected chi connectivity index (χ0v) is 11.2. The van der Waals surface area contributed by atoms with Gasteiger partial charge in [0.1, 0.15) is 5.66 Å². The van der Waals surface area contributed by atoms with Gasteiger partial charge in [0.15, 0.2) is 5.60 Å². The second kappa shape index (κ2) is 4.45. The van der Waals surface area contributed by atoms with Crippen LogP contribution < -0.4 is 5.32 Å². The Morgan fingerprint density at radius 1 is 1.24 bits per heavy atom. The molecule has 2 aliphatic rings. The Morgan fingerprint density at radius 3 is 2.52 bits per heavy atom. The molecule has 2 saturated heterocycles. The minimum Gasteiger partial charge on any atom is -0.380 e. The Balaban J connectivity index is 2.10. The maximum absolute atomic E-state index is 13.2. The molecule has 0 spiro atoms. The Kier molecular flexibility index (Phi) is 3.04. The highest BCUT2D eigenvalue weighted by Crippen LogP contribution is 2.48. The largest absolute Gasteiger partial charge is 0.417 e. The number of carbonyl (C=O) groups is 1.